The Morgan fingerprint density at radius 1 is 1.04 bits per heavy atom. The van der Waals surface area contributed by atoms with E-state index in [4.69, 9.17) is 11.6 Å². The molecule has 0 saturated carbocycles. The molecule has 0 radical (unpaired) electrons. The van der Waals surface area contributed by atoms with Gasteiger partial charge in [-0.2, -0.15) is 0 Å². The molecule has 2 unspecified atom stereocenters. The minimum absolute atomic E-state index is 0.0987. The molecule has 2 rings (SSSR count). The van der Waals surface area contributed by atoms with E-state index in [2.05, 4.69) is 0 Å². The highest BCUT2D eigenvalue weighted by atomic mass is 35.5. The summed E-state index contributed by atoms with van der Waals surface area (Å²) in [7, 11) is -3.73. The zero-order valence-electron chi connectivity index (χ0n) is 14.8. The third-order valence-corrected chi connectivity index (χ3v) is 6.27. The van der Waals surface area contributed by atoms with Gasteiger partial charge in [0.25, 0.3) is 0 Å². The number of rotatable bonds is 9. The molecule has 0 fully saturated rings. The summed E-state index contributed by atoms with van der Waals surface area (Å²) in [5, 5.41) is 20.0. The van der Waals surface area contributed by atoms with Crippen LogP contribution in [0.3, 0.4) is 0 Å². The van der Waals surface area contributed by atoms with Crippen molar-refractivity contribution in [3.63, 3.8) is 0 Å². The van der Waals surface area contributed by atoms with Crippen LogP contribution in [-0.2, 0) is 14.6 Å². The quantitative estimate of drug-likeness (QED) is 0.375. The van der Waals surface area contributed by atoms with Crippen molar-refractivity contribution in [1.29, 1.82) is 0 Å². The average molecular weight is 412 g/mol. The summed E-state index contributed by atoms with van der Waals surface area (Å²) in [6.07, 6.45) is -0.0598. The van der Waals surface area contributed by atoms with E-state index in [1.165, 1.54) is 12.1 Å². The molecule has 0 spiro atoms. The summed E-state index contributed by atoms with van der Waals surface area (Å²) >= 11 is 5.87. The maximum Gasteiger partial charge on any atom is 0.233 e. The van der Waals surface area contributed by atoms with Gasteiger partial charge in [-0.3, -0.25) is 10.0 Å². The number of benzene rings is 2. The van der Waals surface area contributed by atoms with E-state index in [-0.39, 0.29) is 24.1 Å². The van der Waals surface area contributed by atoms with Gasteiger partial charge in [0, 0.05) is 5.02 Å². The first-order valence-electron chi connectivity index (χ1n) is 8.42. The van der Waals surface area contributed by atoms with Gasteiger partial charge in [-0.1, -0.05) is 35.9 Å². The molecule has 0 heterocycles. The van der Waals surface area contributed by atoms with Gasteiger partial charge in [0.2, 0.25) is 6.41 Å². The van der Waals surface area contributed by atoms with Crippen LogP contribution in [-0.4, -0.2) is 48.1 Å². The monoisotopic (exact) mass is 411 g/mol. The third kappa shape index (κ3) is 6.04. The van der Waals surface area contributed by atoms with E-state index >= 15 is 0 Å². The lowest BCUT2D eigenvalue weighted by atomic mass is 10.1. The van der Waals surface area contributed by atoms with E-state index in [1.807, 2.05) is 12.1 Å². The number of sulfone groups is 1. The third-order valence-electron chi connectivity index (χ3n) is 4.20. The molecule has 1 amide bonds. The Labute approximate surface area is 163 Å². The van der Waals surface area contributed by atoms with Crippen LogP contribution in [0, 0.1) is 0 Å². The van der Waals surface area contributed by atoms with Crippen molar-refractivity contribution >= 4 is 27.8 Å². The SMILES string of the molecule is CC(O)CCC(CS(=O)(=O)c1ccc(-c2ccc(Cl)cc2)cc1)N(O)C=O. The fourth-order valence-corrected chi connectivity index (χ4v) is 4.35. The predicted molar refractivity (Wildman–Crippen MR) is 103 cm³/mol. The normalized spacial score (nSPS) is 13.8. The lowest BCUT2D eigenvalue weighted by molar-refractivity contribution is -0.159. The fraction of sp³-hybridized carbons (Fsp3) is 0.316. The van der Waals surface area contributed by atoms with Crippen molar-refractivity contribution in [3.05, 3.63) is 53.6 Å². The van der Waals surface area contributed by atoms with Gasteiger partial charge >= 0.3 is 0 Å². The number of aliphatic hydroxyl groups is 1. The first kappa shape index (κ1) is 21.4. The number of nitrogens with zero attached hydrogens (tertiary/aromatic N) is 1. The number of halogens is 1. The van der Waals surface area contributed by atoms with Crippen LogP contribution >= 0.6 is 11.6 Å². The van der Waals surface area contributed by atoms with Crippen LogP contribution in [0.1, 0.15) is 19.8 Å². The minimum atomic E-state index is -3.73. The Morgan fingerprint density at radius 2 is 1.56 bits per heavy atom. The number of carbonyl (C=O) groups is 1. The number of hydrogen-bond donors (Lipinski definition) is 2. The van der Waals surface area contributed by atoms with Gasteiger partial charge in [-0.25, -0.2) is 13.5 Å². The second kappa shape index (κ2) is 9.32. The highest BCUT2D eigenvalue weighted by molar-refractivity contribution is 7.91. The summed E-state index contributed by atoms with van der Waals surface area (Å²) in [5.41, 5.74) is 1.74. The highest BCUT2D eigenvalue weighted by Crippen LogP contribution is 2.24. The van der Waals surface area contributed by atoms with Gasteiger partial charge in [-0.15, -0.1) is 0 Å². The zero-order chi connectivity index (χ0) is 20.0. The Bertz CT molecular complexity index is 851. The molecule has 2 N–H and O–H groups in total. The van der Waals surface area contributed by atoms with Crippen LogP contribution in [0.25, 0.3) is 11.1 Å². The summed E-state index contributed by atoms with van der Waals surface area (Å²) in [5.74, 6) is -0.435. The van der Waals surface area contributed by atoms with Gasteiger partial charge in [-0.05, 0) is 55.2 Å². The molecule has 27 heavy (non-hydrogen) atoms. The summed E-state index contributed by atoms with van der Waals surface area (Å²) < 4.78 is 25.3. The van der Waals surface area contributed by atoms with Gasteiger partial charge in [0.15, 0.2) is 9.84 Å². The van der Waals surface area contributed by atoms with E-state index in [0.29, 0.717) is 10.1 Å². The van der Waals surface area contributed by atoms with Crippen LogP contribution in [0.4, 0.5) is 0 Å². The second-order valence-electron chi connectivity index (χ2n) is 6.38. The van der Waals surface area contributed by atoms with Crippen molar-refractivity contribution in [1.82, 2.24) is 5.06 Å². The highest BCUT2D eigenvalue weighted by Gasteiger charge is 2.25. The molecule has 2 atom stereocenters. The van der Waals surface area contributed by atoms with Crippen molar-refractivity contribution in [2.45, 2.75) is 36.8 Å². The zero-order valence-corrected chi connectivity index (χ0v) is 16.4. The van der Waals surface area contributed by atoms with E-state index in [9.17, 15) is 23.5 Å². The lowest BCUT2D eigenvalue weighted by Crippen LogP contribution is -2.37. The first-order valence-corrected chi connectivity index (χ1v) is 10.5. The molecule has 0 aliphatic carbocycles. The van der Waals surface area contributed by atoms with Crippen LogP contribution in [0.15, 0.2) is 53.4 Å². The minimum Gasteiger partial charge on any atom is -0.393 e. The van der Waals surface area contributed by atoms with Crippen LogP contribution < -0.4 is 0 Å². The summed E-state index contributed by atoms with van der Waals surface area (Å²) in [6, 6.07) is 12.6. The molecule has 0 aliphatic rings. The molecule has 2 aromatic carbocycles. The Morgan fingerprint density at radius 3 is 2.04 bits per heavy atom. The summed E-state index contributed by atoms with van der Waals surface area (Å²) in [4.78, 5) is 10.9. The fourth-order valence-electron chi connectivity index (χ4n) is 2.66. The number of hydrogen-bond acceptors (Lipinski definition) is 5. The Balaban J connectivity index is 2.18. The smallest absolute Gasteiger partial charge is 0.233 e. The molecule has 0 aliphatic heterocycles. The first-order chi connectivity index (χ1) is 12.7. The maximum absolute atomic E-state index is 12.7. The van der Waals surface area contributed by atoms with Crippen LogP contribution in [0.2, 0.25) is 5.02 Å². The van der Waals surface area contributed by atoms with Crippen molar-refractivity contribution in [2.24, 2.45) is 0 Å². The van der Waals surface area contributed by atoms with E-state index in [0.717, 1.165) is 11.1 Å². The largest absolute Gasteiger partial charge is 0.393 e. The molecular formula is C19H22ClNO5S. The molecule has 0 saturated heterocycles. The molecular weight excluding hydrogens is 390 g/mol. The molecule has 8 heteroatoms. The Hall–Kier alpha value is -1.93. The van der Waals surface area contributed by atoms with E-state index < -0.39 is 27.7 Å². The molecule has 146 valence electrons. The van der Waals surface area contributed by atoms with Gasteiger partial charge in [0.1, 0.15) is 0 Å². The topological polar surface area (TPSA) is 94.9 Å². The van der Waals surface area contributed by atoms with Gasteiger partial charge in [0.05, 0.1) is 22.8 Å². The molecule has 2 aromatic rings. The molecule has 0 bridgehead atoms. The lowest BCUT2D eigenvalue weighted by Gasteiger charge is -2.23. The van der Waals surface area contributed by atoms with Crippen molar-refractivity contribution in [2.75, 3.05) is 5.75 Å². The van der Waals surface area contributed by atoms with Crippen LogP contribution in [0.5, 0.6) is 0 Å². The average Bonchev–Trinajstić information content (AvgIpc) is 2.65. The molecule has 6 nitrogen and oxygen atoms in total. The Kier molecular flexibility index (Phi) is 7.38. The number of hydroxylamine groups is 2. The number of amides is 1. The second-order valence-corrected chi connectivity index (χ2v) is 8.85. The number of aliphatic hydroxyl groups excluding tert-OH is 1. The van der Waals surface area contributed by atoms with Gasteiger partial charge < -0.3 is 5.11 Å². The summed E-state index contributed by atoms with van der Waals surface area (Å²) in [6.45, 7) is 1.56. The predicted octanol–water partition coefficient (Wildman–Crippen LogP) is 3.16. The van der Waals surface area contributed by atoms with Crippen molar-refractivity contribution < 1.29 is 23.5 Å². The standard InChI is InChI=1S/C19H22ClNO5S/c1-14(23)2-9-18(21(24)13-22)12-27(25,26)19-10-5-16(6-11-19)15-3-7-17(20)8-4-15/h3-8,10-11,13-14,18,23-24H,2,9,12H2,1H3. The molecule has 0 aromatic heterocycles. The number of carbonyl (C=O) groups excluding carboxylic acids is 1. The van der Waals surface area contributed by atoms with Crippen molar-refractivity contribution in [3.8, 4) is 11.1 Å². The maximum atomic E-state index is 12.7. The van der Waals surface area contributed by atoms with E-state index in [1.54, 1.807) is 31.2 Å².